The van der Waals surface area contributed by atoms with Crippen molar-refractivity contribution < 1.29 is 14.3 Å². The molecular formula is C19H22N2O3. The molecule has 1 amide bonds. The van der Waals surface area contributed by atoms with Crippen LogP contribution in [0.2, 0.25) is 0 Å². The number of rotatable bonds is 7. The highest BCUT2D eigenvalue weighted by molar-refractivity contribution is 5.76. The summed E-state index contributed by atoms with van der Waals surface area (Å²) in [5.74, 6) is 1.52. The molecule has 0 aliphatic carbocycles. The molecule has 1 aliphatic rings. The lowest BCUT2D eigenvalue weighted by Gasteiger charge is -2.08. The van der Waals surface area contributed by atoms with Gasteiger partial charge in [-0.1, -0.05) is 35.9 Å². The first-order valence-electron chi connectivity index (χ1n) is 8.12. The smallest absolute Gasteiger partial charge is 0.231 e. The molecule has 1 aliphatic heterocycles. The van der Waals surface area contributed by atoms with Crippen molar-refractivity contribution in [1.29, 1.82) is 0 Å². The van der Waals surface area contributed by atoms with E-state index >= 15 is 0 Å². The molecule has 0 saturated heterocycles. The minimum absolute atomic E-state index is 0.0319. The minimum Gasteiger partial charge on any atom is -0.454 e. The van der Waals surface area contributed by atoms with Crippen LogP contribution in [0.25, 0.3) is 0 Å². The van der Waals surface area contributed by atoms with E-state index in [9.17, 15) is 4.79 Å². The van der Waals surface area contributed by atoms with Crippen LogP contribution in [-0.2, 0) is 17.9 Å². The Labute approximate surface area is 142 Å². The number of ether oxygens (including phenoxy) is 2. The van der Waals surface area contributed by atoms with Crippen LogP contribution in [0, 0.1) is 6.92 Å². The summed E-state index contributed by atoms with van der Waals surface area (Å²) in [6, 6.07) is 14.1. The van der Waals surface area contributed by atoms with Crippen LogP contribution in [0.5, 0.6) is 11.5 Å². The monoisotopic (exact) mass is 326 g/mol. The van der Waals surface area contributed by atoms with Gasteiger partial charge in [0.15, 0.2) is 11.5 Å². The lowest BCUT2D eigenvalue weighted by molar-refractivity contribution is -0.121. The molecule has 24 heavy (non-hydrogen) atoms. The Hall–Kier alpha value is -2.53. The van der Waals surface area contributed by atoms with Crippen LogP contribution >= 0.6 is 0 Å². The van der Waals surface area contributed by atoms with Crippen molar-refractivity contribution in [2.45, 2.75) is 26.4 Å². The van der Waals surface area contributed by atoms with Crippen LogP contribution in [0.15, 0.2) is 42.5 Å². The summed E-state index contributed by atoms with van der Waals surface area (Å²) >= 11 is 0. The Morgan fingerprint density at radius 1 is 1.04 bits per heavy atom. The highest BCUT2D eigenvalue weighted by atomic mass is 16.7. The fourth-order valence-corrected chi connectivity index (χ4v) is 2.60. The zero-order chi connectivity index (χ0) is 16.8. The van der Waals surface area contributed by atoms with Crippen molar-refractivity contribution in [2.75, 3.05) is 13.3 Å². The molecule has 2 N–H and O–H groups in total. The molecule has 3 rings (SSSR count). The lowest BCUT2D eigenvalue weighted by atomic mass is 10.1. The average molecular weight is 326 g/mol. The molecule has 0 saturated carbocycles. The zero-order valence-electron chi connectivity index (χ0n) is 13.8. The van der Waals surface area contributed by atoms with E-state index in [-0.39, 0.29) is 12.7 Å². The van der Waals surface area contributed by atoms with Crippen molar-refractivity contribution in [3.63, 3.8) is 0 Å². The summed E-state index contributed by atoms with van der Waals surface area (Å²) in [5.41, 5.74) is 3.48. The zero-order valence-corrected chi connectivity index (χ0v) is 13.8. The number of hydrogen-bond donors (Lipinski definition) is 2. The van der Waals surface area contributed by atoms with Crippen molar-refractivity contribution >= 4 is 5.91 Å². The fraction of sp³-hybridized carbons (Fsp3) is 0.316. The van der Waals surface area contributed by atoms with Crippen LogP contribution in [0.1, 0.15) is 23.1 Å². The molecule has 5 heteroatoms. The molecule has 5 nitrogen and oxygen atoms in total. The largest absolute Gasteiger partial charge is 0.454 e. The van der Waals surface area contributed by atoms with Gasteiger partial charge in [-0.15, -0.1) is 0 Å². The van der Waals surface area contributed by atoms with E-state index in [0.717, 1.165) is 23.6 Å². The first-order valence-corrected chi connectivity index (χ1v) is 8.12. The van der Waals surface area contributed by atoms with Gasteiger partial charge in [0.2, 0.25) is 12.7 Å². The lowest BCUT2D eigenvalue weighted by Crippen LogP contribution is -2.27. The number of amides is 1. The van der Waals surface area contributed by atoms with Gasteiger partial charge in [0.25, 0.3) is 0 Å². The SMILES string of the molecule is Cc1cccc(CNCCC(=O)NCc2ccc3c(c2)OCO3)c1. The Bertz CT molecular complexity index is 716. The number of fused-ring (bicyclic) bond motifs is 1. The van der Waals surface area contributed by atoms with Gasteiger partial charge in [-0.25, -0.2) is 0 Å². The van der Waals surface area contributed by atoms with E-state index in [0.29, 0.717) is 19.5 Å². The molecule has 0 radical (unpaired) electrons. The predicted octanol–water partition coefficient (Wildman–Crippen LogP) is 2.52. The number of carbonyl (C=O) groups is 1. The van der Waals surface area contributed by atoms with Crippen molar-refractivity contribution in [3.8, 4) is 11.5 Å². The van der Waals surface area contributed by atoms with Crippen LogP contribution < -0.4 is 20.1 Å². The number of hydrogen-bond acceptors (Lipinski definition) is 4. The van der Waals surface area contributed by atoms with E-state index in [1.165, 1.54) is 11.1 Å². The molecule has 0 spiro atoms. The second-order valence-electron chi connectivity index (χ2n) is 5.88. The van der Waals surface area contributed by atoms with Gasteiger partial charge in [-0.05, 0) is 30.2 Å². The molecule has 2 aromatic carbocycles. The number of nitrogens with one attached hydrogen (secondary N) is 2. The average Bonchev–Trinajstić information content (AvgIpc) is 3.05. The number of benzene rings is 2. The first kappa shape index (κ1) is 16.3. The van der Waals surface area contributed by atoms with Gasteiger partial charge >= 0.3 is 0 Å². The molecular weight excluding hydrogens is 304 g/mol. The van der Waals surface area contributed by atoms with E-state index in [2.05, 4.69) is 35.8 Å². The standard InChI is InChI=1S/C19H22N2O3/c1-14-3-2-4-15(9-14)11-20-8-7-19(22)21-12-16-5-6-17-18(10-16)24-13-23-17/h2-6,9-10,20H,7-8,11-13H2,1H3,(H,21,22). The van der Waals surface area contributed by atoms with E-state index < -0.39 is 0 Å². The second kappa shape index (κ2) is 7.84. The Morgan fingerprint density at radius 2 is 1.88 bits per heavy atom. The van der Waals surface area contributed by atoms with Crippen molar-refractivity contribution in [3.05, 3.63) is 59.2 Å². The highest BCUT2D eigenvalue weighted by Gasteiger charge is 2.13. The van der Waals surface area contributed by atoms with Gasteiger partial charge in [0, 0.05) is 26.1 Å². The van der Waals surface area contributed by atoms with Gasteiger partial charge in [0.1, 0.15) is 0 Å². The second-order valence-corrected chi connectivity index (χ2v) is 5.88. The summed E-state index contributed by atoms with van der Waals surface area (Å²) in [6.07, 6.45) is 0.455. The summed E-state index contributed by atoms with van der Waals surface area (Å²) in [5, 5.41) is 6.22. The third kappa shape index (κ3) is 4.49. The number of aryl methyl sites for hydroxylation is 1. The molecule has 2 aromatic rings. The molecule has 0 bridgehead atoms. The quantitative estimate of drug-likeness (QED) is 0.768. The normalized spacial score (nSPS) is 12.2. The third-order valence-electron chi connectivity index (χ3n) is 3.87. The predicted molar refractivity (Wildman–Crippen MR) is 91.9 cm³/mol. The molecule has 0 atom stereocenters. The summed E-state index contributed by atoms with van der Waals surface area (Å²) in [4.78, 5) is 11.9. The van der Waals surface area contributed by atoms with Crippen LogP contribution in [0.3, 0.4) is 0 Å². The third-order valence-corrected chi connectivity index (χ3v) is 3.87. The van der Waals surface area contributed by atoms with Crippen molar-refractivity contribution in [2.24, 2.45) is 0 Å². The van der Waals surface area contributed by atoms with Gasteiger partial charge < -0.3 is 20.1 Å². The van der Waals surface area contributed by atoms with Gasteiger partial charge in [-0.3, -0.25) is 4.79 Å². The molecule has 0 fully saturated rings. The summed E-state index contributed by atoms with van der Waals surface area (Å²) in [6.45, 7) is 4.26. The fourth-order valence-electron chi connectivity index (χ4n) is 2.60. The van der Waals surface area contributed by atoms with E-state index in [1.807, 2.05) is 24.3 Å². The Morgan fingerprint density at radius 3 is 2.75 bits per heavy atom. The van der Waals surface area contributed by atoms with E-state index in [1.54, 1.807) is 0 Å². The topological polar surface area (TPSA) is 59.6 Å². The van der Waals surface area contributed by atoms with E-state index in [4.69, 9.17) is 9.47 Å². The minimum atomic E-state index is 0.0319. The Kier molecular flexibility index (Phi) is 5.33. The van der Waals surface area contributed by atoms with Crippen LogP contribution in [-0.4, -0.2) is 19.2 Å². The van der Waals surface area contributed by atoms with Crippen molar-refractivity contribution in [1.82, 2.24) is 10.6 Å². The Balaban J connectivity index is 1.35. The van der Waals surface area contributed by atoms with Gasteiger partial charge in [-0.2, -0.15) is 0 Å². The van der Waals surface area contributed by atoms with Gasteiger partial charge in [0.05, 0.1) is 0 Å². The maximum absolute atomic E-state index is 11.9. The molecule has 126 valence electrons. The first-order chi connectivity index (χ1) is 11.7. The highest BCUT2D eigenvalue weighted by Crippen LogP contribution is 2.32. The molecule has 0 unspecified atom stereocenters. The summed E-state index contributed by atoms with van der Waals surface area (Å²) < 4.78 is 10.6. The summed E-state index contributed by atoms with van der Waals surface area (Å²) in [7, 11) is 0. The maximum atomic E-state index is 11.9. The number of carbonyl (C=O) groups excluding carboxylic acids is 1. The molecule has 0 aromatic heterocycles. The van der Waals surface area contributed by atoms with Crippen LogP contribution in [0.4, 0.5) is 0 Å². The molecule has 1 heterocycles. The maximum Gasteiger partial charge on any atom is 0.231 e.